The number of hydrogen-bond donors (Lipinski definition) is 3. The molecule has 3 aromatic rings. The standard InChI is InChI=1S/C26H25N3O2S/c27-25(32)29-24-15-6-1-9-18(24)10-7-8-16-28-26(30)31-17-23-21-13-4-2-11-19(21)20-12-3-5-14-22(20)23/h1-7,9-15,23H,8,16-17H2,(H,28,30)(H3,27,29,32). The number of hydrogen-bond acceptors (Lipinski definition) is 3. The highest BCUT2D eigenvalue weighted by atomic mass is 32.1. The lowest BCUT2D eigenvalue weighted by Crippen LogP contribution is -2.26. The highest BCUT2D eigenvalue weighted by Gasteiger charge is 2.28. The summed E-state index contributed by atoms with van der Waals surface area (Å²) in [5, 5.41) is 6.00. The van der Waals surface area contributed by atoms with Crippen molar-refractivity contribution in [2.24, 2.45) is 5.73 Å². The van der Waals surface area contributed by atoms with E-state index in [1.807, 2.05) is 60.7 Å². The fourth-order valence-corrected chi connectivity index (χ4v) is 4.12. The maximum atomic E-state index is 12.2. The van der Waals surface area contributed by atoms with Gasteiger partial charge in [0.2, 0.25) is 0 Å². The molecule has 0 saturated heterocycles. The Labute approximate surface area is 193 Å². The number of carbonyl (C=O) groups excluding carboxylic acids is 1. The van der Waals surface area contributed by atoms with E-state index in [2.05, 4.69) is 34.9 Å². The van der Waals surface area contributed by atoms with Gasteiger partial charge in [-0.05, 0) is 52.5 Å². The Morgan fingerprint density at radius 2 is 1.59 bits per heavy atom. The highest BCUT2D eigenvalue weighted by Crippen LogP contribution is 2.44. The van der Waals surface area contributed by atoms with Crippen molar-refractivity contribution in [3.63, 3.8) is 0 Å². The molecule has 1 aliphatic rings. The zero-order chi connectivity index (χ0) is 22.3. The van der Waals surface area contributed by atoms with E-state index in [1.54, 1.807) is 0 Å². The number of anilines is 1. The number of amides is 1. The number of rotatable bonds is 7. The number of benzene rings is 3. The molecule has 0 saturated carbocycles. The van der Waals surface area contributed by atoms with E-state index in [0.29, 0.717) is 19.6 Å². The Morgan fingerprint density at radius 3 is 2.28 bits per heavy atom. The van der Waals surface area contributed by atoms with Gasteiger partial charge in [-0.3, -0.25) is 0 Å². The van der Waals surface area contributed by atoms with E-state index in [0.717, 1.165) is 11.3 Å². The van der Waals surface area contributed by atoms with Crippen LogP contribution in [0.5, 0.6) is 0 Å². The van der Waals surface area contributed by atoms with Crippen LogP contribution in [0.2, 0.25) is 0 Å². The van der Waals surface area contributed by atoms with E-state index >= 15 is 0 Å². The third kappa shape index (κ3) is 4.98. The van der Waals surface area contributed by atoms with E-state index in [9.17, 15) is 4.79 Å². The van der Waals surface area contributed by atoms with Crippen molar-refractivity contribution in [2.75, 3.05) is 18.5 Å². The Hall–Kier alpha value is -3.64. The van der Waals surface area contributed by atoms with Gasteiger partial charge < -0.3 is 21.1 Å². The van der Waals surface area contributed by atoms with Crippen LogP contribution in [0, 0.1) is 0 Å². The maximum Gasteiger partial charge on any atom is 0.407 e. The van der Waals surface area contributed by atoms with Crippen LogP contribution in [0.1, 0.15) is 29.0 Å². The van der Waals surface area contributed by atoms with Crippen LogP contribution in [-0.4, -0.2) is 24.4 Å². The zero-order valence-electron chi connectivity index (χ0n) is 17.6. The predicted octanol–water partition coefficient (Wildman–Crippen LogP) is 5.28. The largest absolute Gasteiger partial charge is 0.449 e. The van der Waals surface area contributed by atoms with Crippen molar-refractivity contribution in [3.8, 4) is 11.1 Å². The first-order chi connectivity index (χ1) is 15.6. The van der Waals surface area contributed by atoms with E-state index in [4.69, 9.17) is 22.7 Å². The number of thiocarbonyl (C=S) groups is 1. The summed E-state index contributed by atoms with van der Waals surface area (Å²) >= 11 is 4.91. The van der Waals surface area contributed by atoms with Crippen molar-refractivity contribution >= 4 is 35.2 Å². The Kier molecular flexibility index (Phi) is 6.82. The summed E-state index contributed by atoms with van der Waals surface area (Å²) in [5.74, 6) is 0.0608. The SMILES string of the molecule is NC(=S)Nc1ccccc1C=CCCNC(=O)OCC1c2ccccc2-c2ccccc21. The summed E-state index contributed by atoms with van der Waals surface area (Å²) in [4.78, 5) is 12.2. The van der Waals surface area contributed by atoms with Crippen LogP contribution < -0.4 is 16.4 Å². The van der Waals surface area contributed by atoms with Crippen LogP contribution in [0.4, 0.5) is 10.5 Å². The van der Waals surface area contributed by atoms with Crippen LogP contribution in [0.3, 0.4) is 0 Å². The van der Waals surface area contributed by atoms with Gasteiger partial charge in [0.1, 0.15) is 6.61 Å². The Bertz CT molecular complexity index is 1110. The molecule has 4 N–H and O–H groups in total. The van der Waals surface area contributed by atoms with E-state index in [-0.39, 0.29) is 11.0 Å². The number of para-hydroxylation sites is 1. The molecule has 0 fully saturated rings. The van der Waals surface area contributed by atoms with Crippen molar-refractivity contribution in [3.05, 3.63) is 95.6 Å². The Balaban J connectivity index is 1.27. The lowest BCUT2D eigenvalue weighted by molar-refractivity contribution is 0.143. The van der Waals surface area contributed by atoms with Crippen molar-refractivity contribution in [1.29, 1.82) is 0 Å². The molecule has 0 radical (unpaired) electrons. The zero-order valence-corrected chi connectivity index (χ0v) is 18.4. The molecule has 3 aromatic carbocycles. The topological polar surface area (TPSA) is 76.4 Å². The van der Waals surface area contributed by atoms with Gasteiger partial charge in [-0.15, -0.1) is 0 Å². The third-order valence-electron chi connectivity index (χ3n) is 5.44. The minimum Gasteiger partial charge on any atom is -0.449 e. The molecule has 0 unspecified atom stereocenters. The van der Waals surface area contributed by atoms with Crippen molar-refractivity contribution in [1.82, 2.24) is 5.32 Å². The molecule has 6 heteroatoms. The number of ether oxygens (including phenoxy) is 1. The lowest BCUT2D eigenvalue weighted by Gasteiger charge is -2.14. The molecule has 1 amide bonds. The molecule has 0 heterocycles. The number of fused-ring (bicyclic) bond motifs is 3. The van der Waals surface area contributed by atoms with Crippen LogP contribution in [-0.2, 0) is 4.74 Å². The normalized spacial score (nSPS) is 12.2. The van der Waals surface area contributed by atoms with Gasteiger partial charge in [-0.25, -0.2) is 4.79 Å². The number of alkyl carbamates (subject to hydrolysis) is 1. The molecular formula is C26H25N3O2S. The molecular weight excluding hydrogens is 418 g/mol. The smallest absolute Gasteiger partial charge is 0.407 e. The summed E-state index contributed by atoms with van der Waals surface area (Å²) in [6, 6.07) is 24.3. The van der Waals surface area contributed by atoms with Crippen LogP contribution >= 0.6 is 12.2 Å². The molecule has 5 nitrogen and oxygen atoms in total. The molecule has 4 rings (SSSR count). The monoisotopic (exact) mass is 443 g/mol. The molecule has 1 aliphatic carbocycles. The van der Waals surface area contributed by atoms with Gasteiger partial charge in [-0.1, -0.05) is 78.9 Å². The lowest BCUT2D eigenvalue weighted by atomic mass is 9.98. The van der Waals surface area contributed by atoms with Gasteiger partial charge in [-0.2, -0.15) is 0 Å². The summed E-state index contributed by atoms with van der Waals surface area (Å²) < 4.78 is 5.56. The summed E-state index contributed by atoms with van der Waals surface area (Å²) in [6.07, 6.45) is 4.23. The highest BCUT2D eigenvalue weighted by molar-refractivity contribution is 7.80. The molecule has 0 aromatic heterocycles. The fraction of sp³-hybridized carbons (Fsp3) is 0.154. The number of nitrogens with one attached hydrogen (secondary N) is 2. The second kappa shape index (κ2) is 10.1. The van der Waals surface area contributed by atoms with Gasteiger partial charge in [0.15, 0.2) is 5.11 Å². The molecule has 0 atom stereocenters. The predicted molar refractivity (Wildman–Crippen MR) is 134 cm³/mol. The van der Waals surface area contributed by atoms with Gasteiger partial charge in [0.05, 0.1) is 0 Å². The quantitative estimate of drug-likeness (QED) is 0.342. The average molecular weight is 444 g/mol. The fourth-order valence-electron chi connectivity index (χ4n) is 4.01. The van der Waals surface area contributed by atoms with Gasteiger partial charge in [0, 0.05) is 18.2 Å². The van der Waals surface area contributed by atoms with Crippen molar-refractivity contribution < 1.29 is 9.53 Å². The Morgan fingerprint density at radius 1 is 0.969 bits per heavy atom. The van der Waals surface area contributed by atoms with Gasteiger partial charge >= 0.3 is 6.09 Å². The molecule has 0 aliphatic heterocycles. The molecule has 0 bridgehead atoms. The first-order valence-corrected chi connectivity index (χ1v) is 10.9. The minimum atomic E-state index is -0.407. The minimum absolute atomic E-state index is 0.0608. The summed E-state index contributed by atoms with van der Waals surface area (Å²) in [7, 11) is 0. The van der Waals surface area contributed by atoms with Crippen LogP contribution in [0.15, 0.2) is 78.9 Å². The second-order valence-corrected chi connectivity index (χ2v) is 7.96. The average Bonchev–Trinajstić information content (AvgIpc) is 3.12. The molecule has 32 heavy (non-hydrogen) atoms. The summed E-state index contributed by atoms with van der Waals surface area (Å²) in [6.45, 7) is 0.797. The van der Waals surface area contributed by atoms with Gasteiger partial charge in [0.25, 0.3) is 0 Å². The third-order valence-corrected chi connectivity index (χ3v) is 5.54. The first kappa shape index (κ1) is 21.6. The number of nitrogens with two attached hydrogens (primary N) is 1. The molecule has 162 valence electrons. The van der Waals surface area contributed by atoms with E-state index in [1.165, 1.54) is 22.3 Å². The first-order valence-electron chi connectivity index (χ1n) is 10.5. The van der Waals surface area contributed by atoms with Crippen molar-refractivity contribution in [2.45, 2.75) is 12.3 Å². The second-order valence-electron chi connectivity index (χ2n) is 7.52. The van der Waals surface area contributed by atoms with E-state index < -0.39 is 6.09 Å². The summed E-state index contributed by atoms with van der Waals surface area (Å²) in [5.41, 5.74) is 12.2. The maximum absolute atomic E-state index is 12.2. The van der Waals surface area contributed by atoms with Crippen LogP contribution in [0.25, 0.3) is 17.2 Å². The number of carbonyl (C=O) groups is 1. The molecule has 0 spiro atoms.